The first-order valence-electron chi connectivity index (χ1n) is 13.1. The fourth-order valence-corrected chi connectivity index (χ4v) is 6.28. The Labute approximate surface area is 226 Å². The van der Waals surface area contributed by atoms with Crippen LogP contribution >= 0.6 is 0 Å². The van der Waals surface area contributed by atoms with Crippen molar-refractivity contribution in [1.29, 1.82) is 0 Å². The van der Waals surface area contributed by atoms with Crippen molar-refractivity contribution >= 4 is 18.1 Å². The van der Waals surface area contributed by atoms with Crippen LogP contribution in [-0.2, 0) is 35.1 Å². The van der Waals surface area contributed by atoms with E-state index in [9.17, 15) is 23.9 Å². The Morgan fingerprint density at radius 2 is 1.67 bits per heavy atom. The van der Waals surface area contributed by atoms with Crippen molar-refractivity contribution in [2.45, 2.75) is 90.7 Å². The molecule has 3 aliphatic rings. The van der Waals surface area contributed by atoms with E-state index < -0.39 is 65.5 Å². The number of rotatable bonds is 8. The lowest BCUT2D eigenvalue weighted by molar-refractivity contribution is -0.184. The number of hydrogen-bond acceptors (Lipinski definition) is 8. The van der Waals surface area contributed by atoms with Crippen molar-refractivity contribution in [2.75, 3.05) is 0 Å². The van der Waals surface area contributed by atoms with Crippen molar-refractivity contribution < 1.29 is 47.2 Å². The van der Waals surface area contributed by atoms with Gasteiger partial charge in [-0.25, -0.2) is 23.2 Å². The molecule has 3 aliphatic carbocycles. The zero-order chi connectivity index (χ0) is 29.1. The van der Waals surface area contributed by atoms with E-state index >= 15 is 4.39 Å². The van der Waals surface area contributed by atoms with E-state index in [4.69, 9.17) is 24.7 Å². The lowest BCUT2D eigenvalue weighted by Gasteiger charge is -2.40. The Kier molecular flexibility index (Phi) is 7.26. The number of aliphatic carboxylic acids is 1. The van der Waals surface area contributed by atoms with Gasteiger partial charge in [0.25, 0.3) is 0 Å². The van der Waals surface area contributed by atoms with Gasteiger partial charge < -0.3 is 29.8 Å². The minimum Gasteiger partial charge on any atom is -0.479 e. The maximum absolute atomic E-state index is 15.2. The standard InChI is InChI=1S/C28H37F2NO8/c1-14-11-19(26(5,6)25(14,3)4)39-24(35)38-15(2)37-23(34)28(31)20(12-18-21(28)27(18,30)22(32)33)36-13-16-7-9-17(29)10-8-16/h7-10,14-15,18-21H,11-13,31H2,1-6H3,(H,32,33)/t14-,15?,18-,19+,20-,21+,27-,28+/m1/s1. The van der Waals surface area contributed by atoms with Crippen LogP contribution < -0.4 is 5.73 Å². The molecule has 8 atom stereocenters. The van der Waals surface area contributed by atoms with Gasteiger partial charge in [0.15, 0.2) is 0 Å². The molecule has 1 unspecified atom stereocenters. The minimum atomic E-state index is -2.70. The summed E-state index contributed by atoms with van der Waals surface area (Å²) in [5.74, 6) is -5.48. The highest BCUT2D eigenvalue weighted by molar-refractivity contribution is 5.91. The number of nitrogens with two attached hydrogens (primary N) is 1. The molecule has 3 saturated carbocycles. The molecule has 0 amide bonds. The van der Waals surface area contributed by atoms with Gasteiger partial charge >= 0.3 is 18.1 Å². The Hall–Kier alpha value is -2.79. The van der Waals surface area contributed by atoms with Gasteiger partial charge in [-0.2, -0.15) is 0 Å². The first-order chi connectivity index (χ1) is 18.0. The summed E-state index contributed by atoms with van der Waals surface area (Å²) in [6.07, 6.45) is -3.49. The number of halogens is 2. The average Bonchev–Trinajstić information content (AvgIpc) is 3.27. The van der Waals surface area contributed by atoms with Gasteiger partial charge in [-0.15, -0.1) is 0 Å². The Morgan fingerprint density at radius 1 is 1.05 bits per heavy atom. The number of carbonyl (C=O) groups is 3. The molecule has 0 aromatic heterocycles. The van der Waals surface area contributed by atoms with Crippen LogP contribution in [0.4, 0.5) is 13.6 Å². The molecule has 0 saturated heterocycles. The first kappa shape index (κ1) is 29.2. The summed E-state index contributed by atoms with van der Waals surface area (Å²) in [6.45, 7) is 11.5. The number of hydrogen-bond donors (Lipinski definition) is 2. The van der Waals surface area contributed by atoms with Crippen LogP contribution in [0.5, 0.6) is 0 Å². The third kappa shape index (κ3) is 4.67. The number of carboxylic acid groups (broad SMARTS) is 1. The van der Waals surface area contributed by atoms with Crippen molar-refractivity contribution in [1.82, 2.24) is 0 Å². The fraction of sp³-hybridized carbons (Fsp3) is 0.679. The van der Waals surface area contributed by atoms with Crippen molar-refractivity contribution in [3.8, 4) is 0 Å². The van der Waals surface area contributed by atoms with Crippen LogP contribution in [0.2, 0.25) is 0 Å². The van der Waals surface area contributed by atoms with Crippen molar-refractivity contribution in [3.05, 3.63) is 35.6 Å². The first-order valence-corrected chi connectivity index (χ1v) is 13.1. The molecule has 4 rings (SSSR count). The van der Waals surface area contributed by atoms with Gasteiger partial charge in [0, 0.05) is 24.2 Å². The summed E-state index contributed by atoms with van der Waals surface area (Å²) in [6, 6.07) is 5.43. The topological polar surface area (TPSA) is 134 Å². The van der Waals surface area contributed by atoms with Gasteiger partial charge in [0.2, 0.25) is 12.0 Å². The molecule has 0 radical (unpaired) electrons. The number of esters is 1. The molecular weight excluding hydrogens is 516 g/mol. The van der Waals surface area contributed by atoms with Crippen LogP contribution in [0, 0.1) is 34.4 Å². The monoisotopic (exact) mass is 553 g/mol. The van der Waals surface area contributed by atoms with Crippen LogP contribution in [0.1, 0.15) is 59.9 Å². The molecule has 0 heterocycles. The van der Waals surface area contributed by atoms with Crippen molar-refractivity contribution in [2.24, 2.45) is 34.3 Å². The number of fused-ring (bicyclic) bond motifs is 1. The van der Waals surface area contributed by atoms with Gasteiger partial charge in [0.1, 0.15) is 17.5 Å². The zero-order valence-electron chi connectivity index (χ0n) is 23.0. The number of carboxylic acids is 1. The maximum Gasteiger partial charge on any atom is 0.511 e. The SMILES string of the molecule is CC(OC(=O)O[C@H]1C[C@@H](C)C(C)(C)C1(C)C)OC(=O)[C@@]1(N)[C@H]2[C@@H](C[C@H]1OCc1ccc(F)cc1)[C@]2(F)C(=O)O. The average molecular weight is 554 g/mol. The van der Waals surface area contributed by atoms with E-state index in [2.05, 4.69) is 20.8 Å². The fourth-order valence-electron chi connectivity index (χ4n) is 6.28. The highest BCUT2D eigenvalue weighted by Gasteiger charge is 2.85. The predicted molar refractivity (Wildman–Crippen MR) is 133 cm³/mol. The van der Waals surface area contributed by atoms with Gasteiger partial charge in [-0.05, 0) is 41.9 Å². The predicted octanol–water partition coefficient (Wildman–Crippen LogP) is 4.35. The van der Waals surface area contributed by atoms with E-state index in [1.165, 1.54) is 31.2 Å². The quantitative estimate of drug-likeness (QED) is 0.356. The molecule has 1 aromatic rings. The highest BCUT2D eigenvalue weighted by atomic mass is 19.1. The van der Waals surface area contributed by atoms with E-state index in [1.807, 2.05) is 13.8 Å². The molecule has 1 aromatic carbocycles. The second-order valence-electron chi connectivity index (χ2n) is 12.3. The van der Waals surface area contributed by atoms with Gasteiger partial charge in [0.05, 0.1) is 12.7 Å². The van der Waals surface area contributed by atoms with Gasteiger partial charge in [-0.1, -0.05) is 46.8 Å². The number of alkyl halides is 1. The van der Waals surface area contributed by atoms with Crippen LogP contribution in [0.25, 0.3) is 0 Å². The number of ether oxygens (including phenoxy) is 4. The molecule has 9 nitrogen and oxygen atoms in total. The molecule has 3 fully saturated rings. The number of carbonyl (C=O) groups excluding carboxylic acids is 2. The normalized spacial score (nSPS) is 36.5. The second-order valence-corrected chi connectivity index (χ2v) is 12.3. The van der Waals surface area contributed by atoms with E-state index in [0.717, 1.165) is 0 Å². The lowest BCUT2D eigenvalue weighted by atomic mass is 9.67. The zero-order valence-corrected chi connectivity index (χ0v) is 23.0. The van der Waals surface area contributed by atoms with Crippen LogP contribution in [0.15, 0.2) is 24.3 Å². The lowest BCUT2D eigenvalue weighted by Crippen LogP contribution is -2.61. The number of benzene rings is 1. The third-order valence-corrected chi connectivity index (χ3v) is 9.89. The molecule has 3 N–H and O–H groups in total. The Balaban J connectivity index is 1.42. The third-order valence-electron chi connectivity index (χ3n) is 9.89. The molecular formula is C28H37F2NO8. The van der Waals surface area contributed by atoms with Crippen molar-refractivity contribution in [3.63, 3.8) is 0 Å². The van der Waals surface area contributed by atoms with Crippen LogP contribution in [-0.4, -0.2) is 52.9 Å². The van der Waals surface area contributed by atoms with E-state index in [-0.39, 0.29) is 29.8 Å². The summed E-state index contributed by atoms with van der Waals surface area (Å²) in [7, 11) is 0. The van der Waals surface area contributed by atoms with E-state index in [0.29, 0.717) is 12.0 Å². The summed E-state index contributed by atoms with van der Waals surface area (Å²) in [5, 5.41) is 9.44. The van der Waals surface area contributed by atoms with E-state index in [1.54, 1.807) is 0 Å². The largest absolute Gasteiger partial charge is 0.511 e. The summed E-state index contributed by atoms with van der Waals surface area (Å²) < 4.78 is 50.3. The van der Waals surface area contributed by atoms with Gasteiger partial charge in [-0.3, -0.25) is 0 Å². The molecule has 0 spiro atoms. The summed E-state index contributed by atoms with van der Waals surface area (Å²) in [4.78, 5) is 37.5. The van der Waals surface area contributed by atoms with Crippen LogP contribution in [0.3, 0.4) is 0 Å². The smallest absolute Gasteiger partial charge is 0.479 e. The Bertz CT molecular complexity index is 1140. The maximum atomic E-state index is 15.2. The molecule has 0 aliphatic heterocycles. The molecule has 0 bridgehead atoms. The molecule has 39 heavy (non-hydrogen) atoms. The molecule has 216 valence electrons. The Morgan fingerprint density at radius 3 is 2.21 bits per heavy atom. The highest BCUT2D eigenvalue weighted by Crippen LogP contribution is 2.67. The minimum absolute atomic E-state index is 0.0761. The molecule has 11 heteroatoms. The second kappa shape index (κ2) is 9.69. The summed E-state index contributed by atoms with van der Waals surface area (Å²) in [5.41, 5.74) is 1.66. The summed E-state index contributed by atoms with van der Waals surface area (Å²) >= 11 is 0.